The van der Waals surface area contributed by atoms with E-state index in [2.05, 4.69) is 60.0 Å². The lowest BCUT2D eigenvalue weighted by Gasteiger charge is -2.19. The molecule has 1 aromatic heterocycles. The van der Waals surface area contributed by atoms with E-state index in [1.807, 2.05) is 13.2 Å². The van der Waals surface area contributed by atoms with Crippen LogP contribution in [0, 0.1) is 13.8 Å². The van der Waals surface area contributed by atoms with Crippen LogP contribution in [0.3, 0.4) is 0 Å². The van der Waals surface area contributed by atoms with Gasteiger partial charge in [0.25, 0.3) is 0 Å². The number of benzene rings is 1. The highest BCUT2D eigenvalue weighted by Crippen LogP contribution is 2.20. The Morgan fingerprint density at radius 2 is 2.10 bits per heavy atom. The summed E-state index contributed by atoms with van der Waals surface area (Å²) in [7, 11) is 2.01. The van der Waals surface area contributed by atoms with Crippen molar-refractivity contribution in [3.8, 4) is 0 Å². The zero-order chi connectivity index (χ0) is 14.5. The number of rotatable bonds is 6. The van der Waals surface area contributed by atoms with E-state index in [4.69, 9.17) is 0 Å². The number of aryl methyl sites for hydroxylation is 3. The third-order valence-corrected chi connectivity index (χ3v) is 3.80. The van der Waals surface area contributed by atoms with Crippen LogP contribution in [0.2, 0.25) is 0 Å². The molecule has 2 rings (SSSR count). The van der Waals surface area contributed by atoms with E-state index in [0.29, 0.717) is 0 Å². The van der Waals surface area contributed by atoms with Crippen LogP contribution in [0.4, 0.5) is 0 Å². The summed E-state index contributed by atoms with van der Waals surface area (Å²) < 4.78 is 2.26. The Balaban J connectivity index is 2.24. The minimum atomic E-state index is 0.261. The monoisotopic (exact) mass is 271 g/mol. The number of nitrogens with zero attached hydrogens (tertiary/aromatic N) is 2. The third kappa shape index (κ3) is 3.28. The highest BCUT2D eigenvalue weighted by atomic mass is 15.1. The summed E-state index contributed by atoms with van der Waals surface area (Å²) in [6, 6.07) is 6.92. The second-order valence-corrected chi connectivity index (χ2v) is 5.45. The van der Waals surface area contributed by atoms with Crippen molar-refractivity contribution in [1.29, 1.82) is 0 Å². The van der Waals surface area contributed by atoms with Gasteiger partial charge in [0.15, 0.2) is 0 Å². The second kappa shape index (κ2) is 6.71. The highest BCUT2D eigenvalue weighted by molar-refractivity contribution is 5.31. The first-order valence-corrected chi connectivity index (χ1v) is 7.40. The van der Waals surface area contributed by atoms with Gasteiger partial charge < -0.3 is 9.88 Å². The van der Waals surface area contributed by atoms with Gasteiger partial charge in [-0.3, -0.25) is 0 Å². The standard InChI is InChI=1S/C17H25N3/c1-5-9-20-10-8-19-17(20)16(18-4)12-15-11-13(2)6-7-14(15)3/h6-8,10-11,16,18H,5,9,12H2,1-4H3. The molecule has 1 unspecified atom stereocenters. The molecule has 0 spiro atoms. The van der Waals surface area contributed by atoms with E-state index in [-0.39, 0.29) is 6.04 Å². The summed E-state index contributed by atoms with van der Waals surface area (Å²) in [5.74, 6) is 1.13. The topological polar surface area (TPSA) is 29.9 Å². The molecule has 20 heavy (non-hydrogen) atoms. The van der Waals surface area contributed by atoms with E-state index < -0.39 is 0 Å². The van der Waals surface area contributed by atoms with E-state index in [1.54, 1.807) is 0 Å². The van der Waals surface area contributed by atoms with Crippen LogP contribution in [0.1, 0.15) is 41.9 Å². The van der Waals surface area contributed by atoms with Crippen molar-refractivity contribution in [1.82, 2.24) is 14.9 Å². The van der Waals surface area contributed by atoms with Crippen molar-refractivity contribution in [3.05, 3.63) is 53.1 Å². The van der Waals surface area contributed by atoms with Gasteiger partial charge in [-0.15, -0.1) is 0 Å². The normalized spacial score (nSPS) is 12.6. The fourth-order valence-corrected chi connectivity index (χ4v) is 2.62. The zero-order valence-electron chi connectivity index (χ0n) is 13.0. The predicted molar refractivity (Wildman–Crippen MR) is 83.9 cm³/mol. The molecule has 0 bridgehead atoms. The molecule has 2 aromatic rings. The maximum Gasteiger partial charge on any atom is 0.126 e. The Morgan fingerprint density at radius 1 is 1.30 bits per heavy atom. The molecule has 0 amide bonds. The minimum Gasteiger partial charge on any atom is -0.334 e. The van der Waals surface area contributed by atoms with Crippen LogP contribution < -0.4 is 5.32 Å². The van der Waals surface area contributed by atoms with Crippen LogP contribution in [0.25, 0.3) is 0 Å². The molecule has 3 heteroatoms. The Hall–Kier alpha value is -1.61. The van der Waals surface area contributed by atoms with Gasteiger partial charge in [-0.1, -0.05) is 30.7 Å². The van der Waals surface area contributed by atoms with Crippen molar-refractivity contribution in [2.45, 2.75) is 46.2 Å². The first kappa shape index (κ1) is 14.8. The Bertz CT molecular complexity index is 557. The van der Waals surface area contributed by atoms with Crippen molar-refractivity contribution in [2.24, 2.45) is 0 Å². The largest absolute Gasteiger partial charge is 0.334 e. The lowest BCUT2D eigenvalue weighted by molar-refractivity contribution is 0.511. The molecule has 0 aliphatic carbocycles. The minimum absolute atomic E-state index is 0.261. The fraction of sp³-hybridized carbons (Fsp3) is 0.471. The molecule has 1 aromatic carbocycles. The molecule has 1 heterocycles. The summed E-state index contributed by atoms with van der Waals surface area (Å²) in [5.41, 5.74) is 4.07. The van der Waals surface area contributed by atoms with Crippen molar-refractivity contribution in [2.75, 3.05) is 7.05 Å². The van der Waals surface area contributed by atoms with Gasteiger partial charge in [-0.2, -0.15) is 0 Å². The smallest absolute Gasteiger partial charge is 0.126 e. The van der Waals surface area contributed by atoms with Gasteiger partial charge in [-0.25, -0.2) is 4.98 Å². The van der Waals surface area contributed by atoms with Crippen LogP contribution >= 0.6 is 0 Å². The Labute approximate surface area is 122 Å². The van der Waals surface area contributed by atoms with Crippen molar-refractivity contribution < 1.29 is 0 Å². The Kier molecular flexibility index (Phi) is 4.96. The molecule has 3 nitrogen and oxygen atoms in total. The average Bonchev–Trinajstić information content (AvgIpc) is 2.88. The molecule has 1 atom stereocenters. The first-order chi connectivity index (χ1) is 9.65. The quantitative estimate of drug-likeness (QED) is 0.872. The zero-order valence-corrected chi connectivity index (χ0v) is 13.0. The number of nitrogens with one attached hydrogen (secondary N) is 1. The number of aromatic nitrogens is 2. The maximum absolute atomic E-state index is 4.55. The van der Waals surface area contributed by atoms with E-state index in [1.165, 1.54) is 16.7 Å². The van der Waals surface area contributed by atoms with Gasteiger partial charge in [0.05, 0.1) is 6.04 Å². The molecule has 0 fully saturated rings. The number of hydrogen-bond acceptors (Lipinski definition) is 2. The van der Waals surface area contributed by atoms with Gasteiger partial charge in [0.2, 0.25) is 0 Å². The van der Waals surface area contributed by atoms with Crippen molar-refractivity contribution in [3.63, 3.8) is 0 Å². The molecule has 0 aliphatic heterocycles. The first-order valence-electron chi connectivity index (χ1n) is 7.40. The summed E-state index contributed by atoms with van der Waals surface area (Å²) in [4.78, 5) is 4.55. The molecule has 0 saturated heterocycles. The molecule has 0 radical (unpaired) electrons. The van der Waals surface area contributed by atoms with Crippen molar-refractivity contribution >= 4 is 0 Å². The van der Waals surface area contributed by atoms with Gasteiger partial charge in [0.1, 0.15) is 5.82 Å². The molecule has 0 aliphatic rings. The summed E-state index contributed by atoms with van der Waals surface area (Å²) in [6.07, 6.45) is 6.08. The van der Waals surface area contributed by atoms with Crippen LogP contribution in [0.5, 0.6) is 0 Å². The predicted octanol–water partition coefficient (Wildman–Crippen LogP) is 3.41. The summed E-state index contributed by atoms with van der Waals surface area (Å²) in [6.45, 7) is 7.55. The molecule has 108 valence electrons. The second-order valence-electron chi connectivity index (χ2n) is 5.45. The fourth-order valence-electron chi connectivity index (χ4n) is 2.62. The lowest BCUT2D eigenvalue weighted by atomic mass is 9.98. The van der Waals surface area contributed by atoms with Gasteiger partial charge >= 0.3 is 0 Å². The van der Waals surface area contributed by atoms with E-state index in [9.17, 15) is 0 Å². The van der Waals surface area contributed by atoms with Crippen LogP contribution in [-0.4, -0.2) is 16.6 Å². The average molecular weight is 271 g/mol. The van der Waals surface area contributed by atoms with E-state index in [0.717, 1.165) is 25.2 Å². The number of imidazole rings is 1. The molecule has 1 N–H and O–H groups in total. The SMILES string of the molecule is CCCn1ccnc1C(Cc1cc(C)ccc1C)NC. The number of hydrogen-bond donors (Lipinski definition) is 1. The van der Waals surface area contributed by atoms with E-state index >= 15 is 0 Å². The summed E-state index contributed by atoms with van der Waals surface area (Å²) in [5, 5.41) is 3.42. The maximum atomic E-state index is 4.55. The molecular formula is C17H25N3. The highest BCUT2D eigenvalue weighted by Gasteiger charge is 2.16. The van der Waals surface area contributed by atoms with Crippen LogP contribution in [-0.2, 0) is 13.0 Å². The van der Waals surface area contributed by atoms with Crippen LogP contribution in [0.15, 0.2) is 30.6 Å². The Morgan fingerprint density at radius 3 is 2.80 bits per heavy atom. The molecular weight excluding hydrogens is 246 g/mol. The summed E-state index contributed by atoms with van der Waals surface area (Å²) >= 11 is 0. The van der Waals surface area contributed by atoms with Gasteiger partial charge in [-0.05, 0) is 44.9 Å². The lowest BCUT2D eigenvalue weighted by Crippen LogP contribution is -2.23. The van der Waals surface area contributed by atoms with Gasteiger partial charge in [0, 0.05) is 18.9 Å². The third-order valence-electron chi connectivity index (χ3n) is 3.80. The number of likely N-dealkylation sites (N-methyl/N-ethyl adjacent to an activating group) is 1. The molecule has 0 saturated carbocycles.